The van der Waals surface area contributed by atoms with Crippen LogP contribution in [0.25, 0.3) is 0 Å². The molecule has 1 saturated carbocycles. The van der Waals surface area contributed by atoms with Gasteiger partial charge in [0.2, 0.25) is 5.75 Å². The van der Waals surface area contributed by atoms with Crippen LogP contribution in [0.1, 0.15) is 63.7 Å². The molecule has 2 heterocycles. The average molecular weight is 705 g/mol. The van der Waals surface area contributed by atoms with Crippen LogP contribution in [0.4, 0.5) is 0 Å². The van der Waals surface area contributed by atoms with Gasteiger partial charge in [-0.2, -0.15) is 0 Å². The van der Waals surface area contributed by atoms with Crippen LogP contribution in [0.15, 0.2) is 12.1 Å². The van der Waals surface area contributed by atoms with E-state index in [1.165, 1.54) is 26.4 Å². The fourth-order valence-electron chi connectivity index (χ4n) is 6.99. The highest BCUT2D eigenvalue weighted by atomic mass is 16.7. The minimum absolute atomic E-state index is 0.0484. The predicted molar refractivity (Wildman–Crippen MR) is 168 cm³/mol. The van der Waals surface area contributed by atoms with Crippen LogP contribution in [-0.2, 0) is 23.7 Å². The van der Waals surface area contributed by atoms with E-state index in [4.69, 9.17) is 33.2 Å². The van der Waals surface area contributed by atoms with Gasteiger partial charge in [0.15, 0.2) is 29.7 Å². The molecule has 1 aromatic carbocycles. The molecular weight excluding hydrogens is 652 g/mol. The number of aliphatic hydroxyl groups excluding tert-OH is 5. The van der Waals surface area contributed by atoms with Gasteiger partial charge >= 0.3 is 5.97 Å². The summed E-state index contributed by atoms with van der Waals surface area (Å²) in [6, 6.07) is 2.42. The van der Waals surface area contributed by atoms with Gasteiger partial charge in [0, 0.05) is 0 Å². The van der Waals surface area contributed by atoms with Gasteiger partial charge in [-0.15, -0.1) is 0 Å². The smallest absolute Gasteiger partial charge is 0.338 e. The first-order chi connectivity index (χ1) is 22.9. The third-order valence-electron chi connectivity index (χ3n) is 10.2. The minimum atomic E-state index is -2.08. The van der Waals surface area contributed by atoms with E-state index in [-0.39, 0.29) is 28.7 Å². The molecule has 280 valence electrons. The Balaban J connectivity index is 1.30. The molecule has 2 saturated heterocycles. The molecule has 3 aliphatic rings. The van der Waals surface area contributed by atoms with Crippen molar-refractivity contribution in [2.24, 2.45) is 11.3 Å². The fraction of sp³-hybridized carbons (Fsp3) is 0.788. The second kappa shape index (κ2) is 15.5. The molecule has 2 aliphatic heterocycles. The summed E-state index contributed by atoms with van der Waals surface area (Å²) in [5, 5.41) is 85.4. The number of hydrogen-bond acceptors (Lipinski definition) is 16. The van der Waals surface area contributed by atoms with Gasteiger partial charge in [0.25, 0.3) is 0 Å². The number of ether oxygens (including phenoxy) is 7. The molecule has 8 N–H and O–H groups in total. The van der Waals surface area contributed by atoms with E-state index in [1.54, 1.807) is 6.92 Å². The Morgan fingerprint density at radius 1 is 1.00 bits per heavy atom. The molecule has 16 nitrogen and oxygen atoms in total. The maximum atomic E-state index is 12.7. The molecule has 12 atom stereocenters. The second-order valence-corrected chi connectivity index (χ2v) is 14.2. The summed E-state index contributed by atoms with van der Waals surface area (Å²) in [4.78, 5) is 12.7. The molecule has 0 aromatic heterocycles. The van der Waals surface area contributed by atoms with E-state index in [9.17, 15) is 45.6 Å². The van der Waals surface area contributed by atoms with Crippen LogP contribution in [0.2, 0.25) is 0 Å². The largest absolute Gasteiger partial charge is 0.502 e. The molecule has 1 aliphatic carbocycles. The van der Waals surface area contributed by atoms with Crippen molar-refractivity contribution in [3.63, 3.8) is 0 Å². The van der Waals surface area contributed by atoms with E-state index in [0.29, 0.717) is 25.7 Å². The number of phenols is 1. The number of carbonyl (C=O) groups excluding carboxylic acids is 1. The predicted octanol–water partition coefficient (Wildman–Crippen LogP) is -0.428. The van der Waals surface area contributed by atoms with Gasteiger partial charge in [-0.25, -0.2) is 4.79 Å². The van der Waals surface area contributed by atoms with Gasteiger partial charge in [-0.1, -0.05) is 20.8 Å². The van der Waals surface area contributed by atoms with E-state index in [2.05, 4.69) is 0 Å². The van der Waals surface area contributed by atoms with E-state index in [0.717, 1.165) is 0 Å². The normalized spacial score (nSPS) is 38.2. The van der Waals surface area contributed by atoms with Crippen molar-refractivity contribution in [1.29, 1.82) is 0 Å². The third-order valence-corrected chi connectivity index (χ3v) is 10.2. The van der Waals surface area contributed by atoms with Crippen LogP contribution in [-0.4, -0.2) is 147 Å². The molecule has 3 fully saturated rings. The lowest BCUT2D eigenvalue weighted by Crippen LogP contribution is -2.60. The maximum Gasteiger partial charge on any atom is 0.338 e. The Bertz CT molecular complexity index is 1250. The Morgan fingerprint density at radius 2 is 1.63 bits per heavy atom. The summed E-state index contributed by atoms with van der Waals surface area (Å²) < 4.78 is 37.9. The lowest BCUT2D eigenvalue weighted by atomic mass is 9.58. The zero-order valence-electron chi connectivity index (χ0n) is 28.7. The van der Waals surface area contributed by atoms with Crippen LogP contribution in [0.3, 0.4) is 0 Å². The highest BCUT2D eigenvalue weighted by Gasteiger charge is 2.53. The Labute approximate surface area is 285 Å². The number of benzene rings is 1. The molecule has 4 rings (SSSR count). The molecule has 0 radical (unpaired) electrons. The Morgan fingerprint density at radius 3 is 2.22 bits per heavy atom. The van der Waals surface area contributed by atoms with Crippen molar-refractivity contribution >= 4 is 5.97 Å². The zero-order valence-corrected chi connectivity index (χ0v) is 28.7. The number of phenolic OH excluding ortho intramolecular Hbond substituents is 1. The Kier molecular flexibility index (Phi) is 12.5. The zero-order chi connectivity index (χ0) is 36.5. The van der Waals surface area contributed by atoms with Crippen molar-refractivity contribution < 1.29 is 78.8 Å². The van der Waals surface area contributed by atoms with Crippen LogP contribution >= 0.6 is 0 Å². The Hall–Kier alpha value is -2.35. The molecule has 0 bridgehead atoms. The number of rotatable bonds is 13. The first-order valence-corrected chi connectivity index (χ1v) is 16.4. The van der Waals surface area contributed by atoms with Crippen molar-refractivity contribution in [1.82, 2.24) is 0 Å². The standard InChI is InChI=1S/C33H52O16/c1-16-9-19(34)12-31(3,4)33(16,42)8-7-17(2)48-29-26(38)25(37)24(36)22(49-29)13-45-30-27(39)32(41,15-47-30)14-46-28(40)18-10-20(43-5)23(35)21(11-18)44-6/h10-11,16-17,19,22,24-27,29-30,34-39,41-42H,7-9,12-15H2,1-6H3/t16-,17+,19+,22-,24-,25+,26-,27+,29-,30-,32-,33-/m1/s1. The molecule has 0 amide bonds. The van der Waals surface area contributed by atoms with Crippen molar-refractivity contribution in [2.75, 3.05) is 34.0 Å². The monoisotopic (exact) mass is 704 g/mol. The van der Waals surface area contributed by atoms with Gasteiger partial charge < -0.3 is 74.0 Å². The summed E-state index contributed by atoms with van der Waals surface area (Å²) in [5.41, 5.74) is -3.77. The lowest BCUT2D eigenvalue weighted by molar-refractivity contribution is -0.318. The summed E-state index contributed by atoms with van der Waals surface area (Å²) in [6.45, 7) is 5.80. The molecule has 0 spiro atoms. The highest BCUT2D eigenvalue weighted by molar-refractivity contribution is 5.91. The molecule has 1 aromatic rings. The average Bonchev–Trinajstić information content (AvgIpc) is 3.33. The minimum Gasteiger partial charge on any atom is -0.502 e. The van der Waals surface area contributed by atoms with Gasteiger partial charge in [-0.05, 0) is 56.1 Å². The first kappa shape index (κ1) is 39.4. The topological polar surface area (TPSA) is 244 Å². The van der Waals surface area contributed by atoms with Crippen molar-refractivity contribution in [2.45, 2.75) is 120 Å². The summed E-state index contributed by atoms with van der Waals surface area (Å²) >= 11 is 0. The summed E-state index contributed by atoms with van der Waals surface area (Å²) in [7, 11) is 2.57. The van der Waals surface area contributed by atoms with E-state index < -0.39 is 97.7 Å². The first-order valence-electron chi connectivity index (χ1n) is 16.4. The molecule has 0 unspecified atom stereocenters. The molecular formula is C33H52O16. The van der Waals surface area contributed by atoms with Crippen molar-refractivity contribution in [3.8, 4) is 17.2 Å². The lowest BCUT2D eigenvalue weighted by Gasteiger charge is -2.52. The van der Waals surface area contributed by atoms with Gasteiger partial charge in [0.1, 0.15) is 37.1 Å². The number of aliphatic hydroxyl groups is 7. The van der Waals surface area contributed by atoms with E-state index in [1.807, 2.05) is 20.8 Å². The van der Waals surface area contributed by atoms with Gasteiger partial charge in [0.05, 0.1) is 50.8 Å². The highest BCUT2D eigenvalue weighted by Crippen LogP contribution is 2.50. The number of methoxy groups -OCH3 is 2. The quantitative estimate of drug-likeness (QED) is 0.122. The van der Waals surface area contributed by atoms with Crippen molar-refractivity contribution in [3.05, 3.63) is 17.7 Å². The summed E-state index contributed by atoms with van der Waals surface area (Å²) in [6.07, 6.45) is -10.1. The number of esters is 1. The maximum absolute atomic E-state index is 12.7. The third kappa shape index (κ3) is 8.25. The van der Waals surface area contributed by atoms with E-state index >= 15 is 0 Å². The SMILES string of the molecule is COc1cc(C(=O)OC[C@@]2(O)CO[C@@H](OC[C@H]3O[C@@H](O[C@@H](C)CC[C@@]4(O)[C@H](C)C[C@H](O)CC4(C)C)[C@H](O)[C@@H](O)[C@@H]3O)[C@@H]2O)cc(OC)c1O. The van der Waals surface area contributed by atoms with Crippen LogP contribution in [0.5, 0.6) is 17.2 Å². The molecule has 16 heteroatoms. The summed E-state index contributed by atoms with van der Waals surface area (Å²) in [5.74, 6) is -1.51. The number of hydrogen-bond donors (Lipinski definition) is 8. The second-order valence-electron chi connectivity index (χ2n) is 14.2. The van der Waals surface area contributed by atoms with Gasteiger partial charge in [-0.3, -0.25) is 0 Å². The molecule has 49 heavy (non-hydrogen) atoms. The van der Waals surface area contributed by atoms with Crippen LogP contribution < -0.4 is 9.47 Å². The number of aromatic hydroxyl groups is 1. The fourth-order valence-corrected chi connectivity index (χ4v) is 6.99. The van der Waals surface area contributed by atoms with Crippen LogP contribution in [0, 0.1) is 11.3 Å². The number of carbonyl (C=O) groups is 1.